The third-order valence-corrected chi connectivity index (χ3v) is 4.62. The number of nitrogens with zero attached hydrogens (tertiary/aromatic N) is 6. The van der Waals surface area contributed by atoms with Gasteiger partial charge in [-0.05, 0) is 25.1 Å². The van der Waals surface area contributed by atoms with Gasteiger partial charge in [0.1, 0.15) is 28.2 Å². The molecule has 1 amide bonds. The summed E-state index contributed by atoms with van der Waals surface area (Å²) in [6.07, 6.45) is 1.70. The van der Waals surface area contributed by atoms with Gasteiger partial charge in [-0.25, -0.2) is 15.0 Å². The van der Waals surface area contributed by atoms with Crippen molar-refractivity contribution in [1.82, 2.24) is 19.9 Å². The largest absolute Gasteiger partial charge is 0.433 e. The van der Waals surface area contributed by atoms with Crippen LogP contribution in [0.15, 0.2) is 47.0 Å². The molecule has 3 aromatic rings. The molecule has 0 spiro atoms. The molecular formula is C19H19N7O4. The second-order valence-electron chi connectivity index (χ2n) is 6.67. The molecule has 0 saturated carbocycles. The highest BCUT2D eigenvalue weighted by atomic mass is 16.6. The SMILES string of the molecule is Cc1nc(Nc2ccccn2)cc(N2CCN(C(=O)c3ccc([N+](=O)[O-])o3)CC2)n1. The van der Waals surface area contributed by atoms with Crippen molar-refractivity contribution in [3.8, 4) is 0 Å². The number of hydrogen-bond donors (Lipinski definition) is 1. The van der Waals surface area contributed by atoms with Gasteiger partial charge in [0.25, 0.3) is 5.91 Å². The number of piperazine rings is 1. The summed E-state index contributed by atoms with van der Waals surface area (Å²) >= 11 is 0. The summed E-state index contributed by atoms with van der Waals surface area (Å²) in [5.74, 6) is 1.85. The van der Waals surface area contributed by atoms with Crippen molar-refractivity contribution in [2.75, 3.05) is 36.4 Å². The molecule has 0 aromatic carbocycles. The molecule has 0 atom stereocenters. The lowest BCUT2D eigenvalue weighted by Crippen LogP contribution is -2.49. The van der Waals surface area contributed by atoms with Crippen LogP contribution in [-0.2, 0) is 0 Å². The van der Waals surface area contributed by atoms with E-state index in [0.717, 1.165) is 5.82 Å². The molecule has 154 valence electrons. The van der Waals surface area contributed by atoms with Crippen molar-refractivity contribution in [3.63, 3.8) is 0 Å². The van der Waals surface area contributed by atoms with E-state index in [-0.39, 0.29) is 11.7 Å². The minimum absolute atomic E-state index is 0.0325. The zero-order valence-electron chi connectivity index (χ0n) is 16.2. The average Bonchev–Trinajstić information content (AvgIpc) is 3.24. The summed E-state index contributed by atoms with van der Waals surface area (Å²) in [5.41, 5.74) is 0. The lowest BCUT2D eigenvalue weighted by atomic mass is 10.2. The van der Waals surface area contributed by atoms with E-state index < -0.39 is 10.8 Å². The Balaban J connectivity index is 1.42. The van der Waals surface area contributed by atoms with Gasteiger partial charge < -0.3 is 19.5 Å². The molecule has 1 fully saturated rings. The molecule has 0 radical (unpaired) electrons. The molecule has 30 heavy (non-hydrogen) atoms. The molecule has 4 rings (SSSR count). The van der Waals surface area contributed by atoms with E-state index in [0.29, 0.717) is 43.6 Å². The van der Waals surface area contributed by atoms with Gasteiger partial charge in [-0.2, -0.15) is 0 Å². The number of aromatic nitrogens is 3. The van der Waals surface area contributed by atoms with E-state index in [1.807, 2.05) is 31.2 Å². The molecule has 0 unspecified atom stereocenters. The molecule has 11 nitrogen and oxygen atoms in total. The quantitative estimate of drug-likeness (QED) is 0.498. The smallest absolute Gasteiger partial charge is 0.395 e. The Morgan fingerprint density at radius 1 is 1.13 bits per heavy atom. The predicted octanol–water partition coefficient (Wildman–Crippen LogP) is 2.39. The van der Waals surface area contributed by atoms with E-state index in [1.54, 1.807) is 11.1 Å². The number of carbonyl (C=O) groups excluding carboxylic acids is 1. The fraction of sp³-hybridized carbons (Fsp3) is 0.263. The first kappa shape index (κ1) is 19.3. The van der Waals surface area contributed by atoms with Gasteiger partial charge in [0.2, 0.25) is 0 Å². The number of rotatable bonds is 5. The number of nitro groups is 1. The van der Waals surface area contributed by atoms with Gasteiger partial charge in [-0.3, -0.25) is 14.9 Å². The summed E-state index contributed by atoms with van der Waals surface area (Å²) in [7, 11) is 0. The first-order valence-corrected chi connectivity index (χ1v) is 9.32. The minimum atomic E-state index is -0.664. The van der Waals surface area contributed by atoms with Crippen LogP contribution in [0.25, 0.3) is 0 Å². The highest BCUT2D eigenvalue weighted by molar-refractivity contribution is 5.92. The molecule has 0 bridgehead atoms. The highest BCUT2D eigenvalue weighted by Crippen LogP contribution is 2.22. The lowest BCUT2D eigenvalue weighted by molar-refractivity contribution is -0.402. The Morgan fingerprint density at radius 3 is 2.60 bits per heavy atom. The Labute approximate surface area is 171 Å². The van der Waals surface area contributed by atoms with Gasteiger partial charge >= 0.3 is 5.88 Å². The summed E-state index contributed by atoms with van der Waals surface area (Å²) in [6.45, 7) is 3.83. The summed E-state index contributed by atoms with van der Waals surface area (Å²) in [6, 6.07) is 9.92. The van der Waals surface area contributed by atoms with E-state index >= 15 is 0 Å². The average molecular weight is 409 g/mol. The predicted molar refractivity (Wildman–Crippen MR) is 108 cm³/mol. The highest BCUT2D eigenvalue weighted by Gasteiger charge is 2.26. The Bertz CT molecular complexity index is 1060. The van der Waals surface area contributed by atoms with E-state index in [9.17, 15) is 14.9 Å². The number of anilines is 3. The Kier molecular flexibility index (Phi) is 5.24. The molecule has 4 heterocycles. The molecule has 11 heteroatoms. The van der Waals surface area contributed by atoms with Gasteiger partial charge in [-0.15, -0.1) is 0 Å². The number of hydrogen-bond acceptors (Lipinski definition) is 9. The first-order chi connectivity index (χ1) is 14.5. The van der Waals surface area contributed by atoms with Crippen LogP contribution in [0.5, 0.6) is 0 Å². The molecule has 1 saturated heterocycles. The Morgan fingerprint density at radius 2 is 1.93 bits per heavy atom. The Hall–Kier alpha value is -4.02. The van der Waals surface area contributed by atoms with E-state index in [1.165, 1.54) is 12.1 Å². The third kappa shape index (κ3) is 4.19. The fourth-order valence-corrected chi connectivity index (χ4v) is 3.18. The van der Waals surface area contributed by atoms with Crippen LogP contribution in [0.3, 0.4) is 0 Å². The topological polar surface area (TPSA) is 131 Å². The lowest BCUT2D eigenvalue weighted by Gasteiger charge is -2.35. The summed E-state index contributed by atoms with van der Waals surface area (Å²) in [5, 5.41) is 13.9. The first-order valence-electron chi connectivity index (χ1n) is 9.32. The fourth-order valence-electron chi connectivity index (χ4n) is 3.18. The van der Waals surface area contributed by atoms with E-state index in [4.69, 9.17) is 4.42 Å². The third-order valence-electron chi connectivity index (χ3n) is 4.62. The number of pyridine rings is 1. The van der Waals surface area contributed by atoms with Crippen LogP contribution in [0.4, 0.5) is 23.3 Å². The van der Waals surface area contributed by atoms with Gasteiger partial charge in [0.05, 0.1) is 6.07 Å². The van der Waals surface area contributed by atoms with Crippen molar-refractivity contribution in [1.29, 1.82) is 0 Å². The second kappa shape index (κ2) is 8.15. The van der Waals surface area contributed by atoms with E-state index in [2.05, 4.69) is 25.2 Å². The molecule has 1 aliphatic rings. The monoisotopic (exact) mass is 409 g/mol. The number of carbonyl (C=O) groups is 1. The maximum atomic E-state index is 12.5. The second-order valence-corrected chi connectivity index (χ2v) is 6.67. The number of nitrogens with one attached hydrogen (secondary N) is 1. The van der Waals surface area contributed by atoms with Gasteiger partial charge in [0.15, 0.2) is 5.76 Å². The van der Waals surface area contributed by atoms with Crippen LogP contribution in [0, 0.1) is 17.0 Å². The van der Waals surface area contributed by atoms with Crippen molar-refractivity contribution in [2.24, 2.45) is 0 Å². The zero-order valence-corrected chi connectivity index (χ0v) is 16.2. The van der Waals surface area contributed by atoms with Crippen LogP contribution in [-0.4, -0.2) is 56.9 Å². The minimum Gasteiger partial charge on any atom is -0.395 e. The zero-order chi connectivity index (χ0) is 21.1. The van der Waals surface area contributed by atoms with Crippen molar-refractivity contribution < 1.29 is 14.1 Å². The van der Waals surface area contributed by atoms with Gasteiger partial charge in [0, 0.05) is 38.4 Å². The summed E-state index contributed by atoms with van der Waals surface area (Å²) in [4.78, 5) is 39.4. The van der Waals surface area contributed by atoms with Crippen LogP contribution in [0.1, 0.15) is 16.4 Å². The van der Waals surface area contributed by atoms with Crippen LogP contribution in [0.2, 0.25) is 0 Å². The van der Waals surface area contributed by atoms with Crippen molar-refractivity contribution in [3.05, 3.63) is 64.3 Å². The maximum absolute atomic E-state index is 12.5. The van der Waals surface area contributed by atoms with Crippen LogP contribution < -0.4 is 10.2 Å². The number of aryl methyl sites for hydroxylation is 1. The van der Waals surface area contributed by atoms with Gasteiger partial charge in [-0.1, -0.05) is 6.07 Å². The molecular weight excluding hydrogens is 390 g/mol. The van der Waals surface area contributed by atoms with Crippen molar-refractivity contribution in [2.45, 2.75) is 6.92 Å². The molecule has 1 aliphatic heterocycles. The molecule has 0 aliphatic carbocycles. The molecule has 1 N–H and O–H groups in total. The summed E-state index contributed by atoms with van der Waals surface area (Å²) < 4.78 is 5.02. The molecule has 3 aromatic heterocycles. The van der Waals surface area contributed by atoms with Crippen LogP contribution >= 0.6 is 0 Å². The number of furan rings is 1. The number of amides is 1. The standard InChI is InChI=1S/C19H19N7O4/c1-13-21-16(23-15-4-2-3-7-20-15)12-17(22-13)24-8-10-25(11-9-24)19(27)14-5-6-18(30-14)26(28)29/h2-7,12H,8-11H2,1H3,(H,20,21,22,23). The maximum Gasteiger partial charge on any atom is 0.433 e. The van der Waals surface area contributed by atoms with Crippen molar-refractivity contribution >= 4 is 29.2 Å². The normalized spacial score (nSPS) is 13.9.